The van der Waals surface area contributed by atoms with Crippen LogP contribution in [0.2, 0.25) is 0 Å². The van der Waals surface area contributed by atoms with E-state index in [1.165, 1.54) is 30.4 Å². The number of rotatable bonds is 14. The Morgan fingerprint density at radius 3 is 2.00 bits per heavy atom. The molecule has 0 spiro atoms. The minimum Gasteiger partial charge on any atom is -0.462 e. The summed E-state index contributed by atoms with van der Waals surface area (Å²) in [4.78, 5) is 21.2. The molecule has 0 amide bonds. The highest BCUT2D eigenvalue weighted by molar-refractivity contribution is 5.87. The molecule has 2 N–H and O–H groups in total. The molecular formula is C29H38O6. The fourth-order valence-corrected chi connectivity index (χ4v) is 3.21. The van der Waals surface area contributed by atoms with Gasteiger partial charge in [0.1, 0.15) is 12.9 Å². The molecule has 0 aliphatic rings. The van der Waals surface area contributed by atoms with Crippen LogP contribution in [-0.4, -0.2) is 56.0 Å². The summed E-state index contributed by atoms with van der Waals surface area (Å²) in [5.41, 5.74) is 5.02. The Morgan fingerprint density at radius 2 is 1.54 bits per heavy atom. The number of carbonyl (C=O) groups excluding carboxylic acids is 2. The van der Waals surface area contributed by atoms with Gasteiger partial charge in [0.05, 0.1) is 25.4 Å². The number of aliphatic hydroxyl groups is 2. The monoisotopic (exact) mass is 482 g/mol. The number of benzene rings is 2. The number of methoxy groups -OCH3 is 1. The van der Waals surface area contributed by atoms with Crippen LogP contribution < -0.4 is 0 Å². The standard InChI is InChI=1S/C25H32O4.C4H6O2/c1-4-5-6-7-20-8-10-21(11-9-20)22-12-14-23(15-13-22)24(17-28-3)18-29-25(27)19(2)16-26;1-4(2-5)3-6/h8-15,24,26H,2,4-7,16-18H2,1,3H3;2,6H,1,3H2. The summed E-state index contributed by atoms with van der Waals surface area (Å²) < 4.78 is 10.5. The normalized spacial score (nSPS) is 11.1. The summed E-state index contributed by atoms with van der Waals surface area (Å²) in [5, 5.41) is 17.0. The van der Waals surface area contributed by atoms with Gasteiger partial charge in [-0.3, -0.25) is 4.79 Å². The van der Waals surface area contributed by atoms with Gasteiger partial charge >= 0.3 is 5.97 Å². The van der Waals surface area contributed by atoms with Crippen molar-refractivity contribution in [1.29, 1.82) is 0 Å². The van der Waals surface area contributed by atoms with Crippen molar-refractivity contribution in [3.63, 3.8) is 0 Å². The first-order valence-electron chi connectivity index (χ1n) is 11.8. The van der Waals surface area contributed by atoms with Crippen molar-refractivity contribution in [2.75, 3.05) is 33.5 Å². The number of unbranched alkanes of at least 4 members (excludes halogenated alkanes) is 2. The molecule has 2 rings (SSSR count). The number of aldehydes is 1. The topological polar surface area (TPSA) is 93.1 Å². The van der Waals surface area contributed by atoms with Crippen molar-refractivity contribution in [2.24, 2.45) is 0 Å². The van der Waals surface area contributed by atoms with Crippen LogP contribution in [0.1, 0.15) is 43.2 Å². The van der Waals surface area contributed by atoms with E-state index in [2.05, 4.69) is 56.5 Å². The van der Waals surface area contributed by atoms with E-state index in [0.29, 0.717) is 12.9 Å². The van der Waals surface area contributed by atoms with Crippen molar-refractivity contribution >= 4 is 12.3 Å². The maximum Gasteiger partial charge on any atom is 0.335 e. The van der Waals surface area contributed by atoms with E-state index in [-0.39, 0.29) is 30.3 Å². The van der Waals surface area contributed by atoms with Gasteiger partial charge in [0.15, 0.2) is 0 Å². The Labute approximate surface area is 208 Å². The molecule has 0 aliphatic heterocycles. The van der Waals surface area contributed by atoms with Crippen LogP contribution >= 0.6 is 0 Å². The summed E-state index contributed by atoms with van der Waals surface area (Å²) in [6.45, 7) is 8.86. The van der Waals surface area contributed by atoms with Crippen molar-refractivity contribution in [3.8, 4) is 11.1 Å². The third-order valence-electron chi connectivity index (χ3n) is 5.37. The maximum absolute atomic E-state index is 11.7. The number of hydrogen-bond acceptors (Lipinski definition) is 6. The van der Waals surface area contributed by atoms with Gasteiger partial charge in [-0.15, -0.1) is 0 Å². The average Bonchev–Trinajstić information content (AvgIpc) is 2.91. The summed E-state index contributed by atoms with van der Waals surface area (Å²) in [5.74, 6) is -0.658. The van der Waals surface area contributed by atoms with E-state index in [4.69, 9.17) is 19.7 Å². The second-order valence-corrected chi connectivity index (χ2v) is 8.22. The first-order chi connectivity index (χ1) is 16.9. The summed E-state index contributed by atoms with van der Waals surface area (Å²) in [7, 11) is 1.62. The minimum absolute atomic E-state index is 0.0506. The molecule has 6 heteroatoms. The molecule has 0 aliphatic carbocycles. The molecule has 190 valence electrons. The van der Waals surface area contributed by atoms with Crippen molar-refractivity contribution in [2.45, 2.75) is 38.5 Å². The molecule has 1 unspecified atom stereocenters. The summed E-state index contributed by atoms with van der Waals surface area (Å²) >= 11 is 0. The SMILES string of the molecule is C=C(C=O)CO.C=C(CO)C(=O)OCC(COC)c1ccc(-c2ccc(CCCCC)cc2)cc1. The molecule has 0 saturated carbocycles. The molecule has 6 nitrogen and oxygen atoms in total. The second-order valence-electron chi connectivity index (χ2n) is 8.22. The van der Waals surface area contributed by atoms with Gasteiger partial charge in [-0.25, -0.2) is 4.79 Å². The van der Waals surface area contributed by atoms with Crippen LogP contribution in [0.25, 0.3) is 11.1 Å². The smallest absolute Gasteiger partial charge is 0.335 e. The van der Waals surface area contributed by atoms with Crippen LogP contribution in [0.4, 0.5) is 0 Å². The first kappa shape index (κ1) is 30.0. The van der Waals surface area contributed by atoms with Crippen molar-refractivity contribution < 1.29 is 29.3 Å². The predicted octanol–water partition coefficient (Wildman–Crippen LogP) is 4.64. The van der Waals surface area contributed by atoms with E-state index < -0.39 is 12.6 Å². The number of carbonyl (C=O) groups is 2. The maximum atomic E-state index is 11.7. The van der Waals surface area contributed by atoms with E-state index >= 15 is 0 Å². The van der Waals surface area contributed by atoms with Gasteiger partial charge in [0, 0.05) is 18.6 Å². The lowest BCUT2D eigenvalue weighted by Crippen LogP contribution is -2.18. The predicted molar refractivity (Wildman–Crippen MR) is 139 cm³/mol. The quantitative estimate of drug-likeness (QED) is 0.176. The van der Waals surface area contributed by atoms with Gasteiger partial charge in [-0.05, 0) is 35.1 Å². The van der Waals surface area contributed by atoms with Gasteiger partial charge in [-0.1, -0.05) is 81.5 Å². The van der Waals surface area contributed by atoms with E-state index in [1.807, 2.05) is 12.1 Å². The largest absolute Gasteiger partial charge is 0.462 e. The fraction of sp³-hybridized carbons (Fsp3) is 0.379. The highest BCUT2D eigenvalue weighted by Crippen LogP contribution is 2.24. The highest BCUT2D eigenvalue weighted by atomic mass is 16.5. The molecule has 0 radical (unpaired) electrons. The number of ether oxygens (including phenoxy) is 2. The summed E-state index contributed by atoms with van der Waals surface area (Å²) in [6, 6.07) is 17.0. The van der Waals surface area contributed by atoms with E-state index in [0.717, 1.165) is 17.5 Å². The first-order valence-corrected chi connectivity index (χ1v) is 11.8. The zero-order valence-corrected chi connectivity index (χ0v) is 20.9. The van der Waals surface area contributed by atoms with Crippen LogP contribution in [0, 0.1) is 0 Å². The van der Waals surface area contributed by atoms with Crippen molar-refractivity contribution in [3.05, 3.63) is 84.0 Å². The summed E-state index contributed by atoms with van der Waals surface area (Å²) in [6.07, 6.45) is 5.41. The molecule has 35 heavy (non-hydrogen) atoms. The van der Waals surface area contributed by atoms with E-state index in [9.17, 15) is 9.59 Å². The molecule has 0 aromatic heterocycles. The number of aliphatic hydroxyl groups excluding tert-OH is 2. The lowest BCUT2D eigenvalue weighted by atomic mass is 9.96. The molecule has 2 aromatic rings. The molecule has 0 heterocycles. The highest BCUT2D eigenvalue weighted by Gasteiger charge is 2.16. The Kier molecular flexibility index (Phi) is 14.9. The molecule has 0 fully saturated rings. The fourth-order valence-electron chi connectivity index (χ4n) is 3.21. The zero-order valence-electron chi connectivity index (χ0n) is 20.9. The lowest BCUT2D eigenvalue weighted by molar-refractivity contribution is -0.140. The number of esters is 1. The Balaban J connectivity index is 0.000000905. The zero-order chi connectivity index (χ0) is 26.1. The van der Waals surface area contributed by atoms with Gasteiger partial charge in [-0.2, -0.15) is 0 Å². The van der Waals surface area contributed by atoms with Crippen molar-refractivity contribution in [1.82, 2.24) is 0 Å². The Hall–Kier alpha value is -3.06. The van der Waals surface area contributed by atoms with Gasteiger partial charge < -0.3 is 19.7 Å². The number of aryl methyl sites for hydroxylation is 1. The Morgan fingerprint density at radius 1 is 0.943 bits per heavy atom. The third-order valence-corrected chi connectivity index (χ3v) is 5.37. The minimum atomic E-state index is -0.579. The third kappa shape index (κ3) is 11.3. The molecule has 0 bridgehead atoms. The van der Waals surface area contributed by atoms with Crippen LogP contribution in [-0.2, 0) is 25.5 Å². The van der Waals surface area contributed by atoms with E-state index in [1.54, 1.807) is 7.11 Å². The number of hydrogen-bond donors (Lipinski definition) is 2. The van der Waals surface area contributed by atoms with Gasteiger partial charge in [0.25, 0.3) is 0 Å². The van der Waals surface area contributed by atoms with Gasteiger partial charge in [0.2, 0.25) is 0 Å². The second kappa shape index (κ2) is 17.4. The Bertz CT molecular complexity index is 915. The van der Waals surface area contributed by atoms with Crippen LogP contribution in [0.15, 0.2) is 72.8 Å². The lowest BCUT2D eigenvalue weighted by Gasteiger charge is -2.17. The molecule has 1 atom stereocenters. The molecule has 0 saturated heterocycles. The average molecular weight is 483 g/mol. The molecular weight excluding hydrogens is 444 g/mol. The molecule has 2 aromatic carbocycles. The van der Waals surface area contributed by atoms with Crippen LogP contribution in [0.5, 0.6) is 0 Å². The van der Waals surface area contributed by atoms with Crippen LogP contribution in [0.3, 0.4) is 0 Å².